The van der Waals surface area contributed by atoms with Gasteiger partial charge in [-0.05, 0) is 62.2 Å². The van der Waals surface area contributed by atoms with Gasteiger partial charge in [-0.25, -0.2) is 4.79 Å². The molecule has 0 spiro atoms. The second-order valence-corrected chi connectivity index (χ2v) is 12.0. The van der Waals surface area contributed by atoms with Gasteiger partial charge in [0.25, 0.3) is 0 Å². The van der Waals surface area contributed by atoms with Crippen LogP contribution >= 0.6 is 11.6 Å². The minimum absolute atomic E-state index is 0.0343. The van der Waals surface area contributed by atoms with Gasteiger partial charge in [-0.2, -0.15) is 0 Å². The predicted octanol–water partition coefficient (Wildman–Crippen LogP) is 8.68. The Bertz CT molecular complexity index is 1190. The number of unbranched alkanes of at least 4 members (excludes halogenated alkanes) is 13. The minimum Gasteiger partial charge on any atom is -0.462 e. The average molecular weight is 644 g/mol. The van der Waals surface area contributed by atoms with Crippen molar-refractivity contribution < 1.29 is 24.2 Å². The quantitative estimate of drug-likeness (QED) is 0.0673. The van der Waals surface area contributed by atoms with Crippen molar-refractivity contribution in [1.29, 1.82) is 0 Å². The van der Waals surface area contributed by atoms with E-state index < -0.39 is 17.8 Å². The lowest BCUT2D eigenvalue weighted by Crippen LogP contribution is -2.30. The third-order valence-corrected chi connectivity index (χ3v) is 8.29. The summed E-state index contributed by atoms with van der Waals surface area (Å²) in [5, 5.41) is 14.6. The Balaban J connectivity index is 1.70. The standard InChI is InChI=1S/C36H54ClN3O5/c1-4-6-7-8-9-10-11-12-13-14-15-16-17-18-25-45-36(44)29-19-21-31(37)33(27-29)39-35(43)34(42)38-32-22-20-30(26-28(32)3)40(5-2)23-24-41/h19-22,26-27,41H,4-18,23-25H2,1-3H3,(H,38,42)(H,39,43). The Labute approximate surface area is 275 Å². The van der Waals surface area contributed by atoms with Crippen LogP contribution in [0.3, 0.4) is 0 Å². The fourth-order valence-corrected chi connectivity index (χ4v) is 5.39. The molecule has 0 aliphatic carbocycles. The first-order valence-electron chi connectivity index (χ1n) is 16.9. The Kier molecular flexibility index (Phi) is 19.0. The molecular weight excluding hydrogens is 590 g/mol. The Morgan fingerprint density at radius 2 is 1.31 bits per heavy atom. The SMILES string of the molecule is CCCCCCCCCCCCCCCCOC(=O)c1ccc(Cl)c(NC(=O)C(=O)Nc2ccc(N(CC)CCO)cc2C)c1. The van der Waals surface area contributed by atoms with Crippen LogP contribution in [0.4, 0.5) is 17.1 Å². The maximum atomic E-state index is 12.7. The van der Waals surface area contributed by atoms with Crippen LogP contribution in [0.2, 0.25) is 5.02 Å². The Hall–Kier alpha value is -3.10. The Morgan fingerprint density at radius 1 is 0.756 bits per heavy atom. The number of amides is 2. The van der Waals surface area contributed by atoms with Gasteiger partial charge in [-0.3, -0.25) is 9.59 Å². The maximum absolute atomic E-state index is 12.7. The van der Waals surface area contributed by atoms with Gasteiger partial charge < -0.3 is 25.4 Å². The topological polar surface area (TPSA) is 108 Å². The molecule has 250 valence electrons. The first kappa shape index (κ1) is 38.1. The van der Waals surface area contributed by atoms with Crippen molar-refractivity contribution in [3.05, 3.63) is 52.5 Å². The molecule has 0 bridgehead atoms. The monoisotopic (exact) mass is 643 g/mol. The number of likely N-dealkylation sites (N-methyl/N-ethyl adjacent to an activating group) is 1. The summed E-state index contributed by atoms with van der Waals surface area (Å²) in [4.78, 5) is 39.9. The van der Waals surface area contributed by atoms with E-state index in [1.807, 2.05) is 30.9 Å². The number of halogens is 1. The number of aliphatic hydroxyl groups is 1. The number of benzene rings is 2. The molecule has 2 amide bonds. The zero-order valence-electron chi connectivity index (χ0n) is 27.6. The smallest absolute Gasteiger partial charge is 0.338 e. The number of aryl methyl sites for hydroxylation is 1. The summed E-state index contributed by atoms with van der Waals surface area (Å²) in [6.07, 6.45) is 17.6. The number of hydrogen-bond acceptors (Lipinski definition) is 6. The van der Waals surface area contributed by atoms with Crippen molar-refractivity contribution in [2.24, 2.45) is 0 Å². The summed E-state index contributed by atoms with van der Waals surface area (Å²) in [6.45, 7) is 7.66. The fraction of sp³-hybridized carbons (Fsp3) is 0.583. The third-order valence-electron chi connectivity index (χ3n) is 7.96. The number of carbonyl (C=O) groups excluding carboxylic acids is 3. The van der Waals surface area contributed by atoms with E-state index >= 15 is 0 Å². The van der Waals surface area contributed by atoms with Crippen LogP contribution in [0.5, 0.6) is 0 Å². The molecule has 3 N–H and O–H groups in total. The van der Waals surface area contributed by atoms with Gasteiger partial charge in [-0.1, -0.05) is 102 Å². The highest BCUT2D eigenvalue weighted by Gasteiger charge is 2.18. The summed E-state index contributed by atoms with van der Waals surface area (Å²) in [6, 6.07) is 9.88. The molecule has 2 aromatic rings. The van der Waals surface area contributed by atoms with Gasteiger partial charge in [0, 0.05) is 24.5 Å². The van der Waals surface area contributed by atoms with Crippen LogP contribution in [0.1, 0.15) is 120 Å². The van der Waals surface area contributed by atoms with Crippen LogP contribution in [-0.2, 0) is 14.3 Å². The number of carbonyl (C=O) groups is 3. The molecular formula is C36H54ClN3O5. The van der Waals surface area contributed by atoms with Crippen LogP contribution in [0, 0.1) is 6.92 Å². The van der Waals surface area contributed by atoms with Gasteiger partial charge in [0.15, 0.2) is 0 Å². The molecule has 9 heteroatoms. The highest BCUT2D eigenvalue weighted by molar-refractivity contribution is 6.45. The molecule has 0 aliphatic rings. The molecule has 0 fully saturated rings. The Morgan fingerprint density at radius 3 is 1.84 bits per heavy atom. The van der Waals surface area contributed by atoms with Gasteiger partial charge >= 0.3 is 17.8 Å². The molecule has 8 nitrogen and oxygen atoms in total. The van der Waals surface area contributed by atoms with Crippen LogP contribution < -0.4 is 15.5 Å². The zero-order chi connectivity index (χ0) is 32.9. The van der Waals surface area contributed by atoms with E-state index in [-0.39, 0.29) is 22.9 Å². The zero-order valence-corrected chi connectivity index (χ0v) is 28.4. The number of nitrogens with zero attached hydrogens (tertiary/aromatic N) is 1. The molecule has 0 aromatic heterocycles. The molecule has 0 heterocycles. The first-order chi connectivity index (χ1) is 21.8. The molecule has 0 saturated carbocycles. The predicted molar refractivity (Wildman–Crippen MR) is 185 cm³/mol. The molecule has 0 unspecified atom stereocenters. The molecule has 0 atom stereocenters. The number of aliphatic hydroxyl groups excluding tert-OH is 1. The fourth-order valence-electron chi connectivity index (χ4n) is 5.23. The van der Waals surface area contributed by atoms with Crippen molar-refractivity contribution >= 4 is 46.4 Å². The van der Waals surface area contributed by atoms with E-state index in [1.165, 1.54) is 88.8 Å². The lowest BCUT2D eigenvalue weighted by Gasteiger charge is -2.23. The normalized spacial score (nSPS) is 10.9. The minimum atomic E-state index is -0.913. The van der Waals surface area contributed by atoms with E-state index in [1.54, 1.807) is 6.07 Å². The number of nitrogens with one attached hydrogen (secondary N) is 2. The van der Waals surface area contributed by atoms with Crippen molar-refractivity contribution in [2.75, 3.05) is 41.8 Å². The average Bonchev–Trinajstić information content (AvgIpc) is 3.03. The second kappa shape index (κ2) is 22.4. The van der Waals surface area contributed by atoms with Crippen molar-refractivity contribution in [3.8, 4) is 0 Å². The van der Waals surface area contributed by atoms with Crippen molar-refractivity contribution in [1.82, 2.24) is 0 Å². The number of hydrogen-bond donors (Lipinski definition) is 3. The van der Waals surface area contributed by atoms with Gasteiger partial charge in [0.2, 0.25) is 0 Å². The molecule has 2 rings (SSSR count). The molecule has 2 aromatic carbocycles. The summed E-state index contributed by atoms with van der Waals surface area (Å²) < 4.78 is 5.43. The highest BCUT2D eigenvalue weighted by Crippen LogP contribution is 2.25. The number of anilines is 3. The summed E-state index contributed by atoms with van der Waals surface area (Å²) >= 11 is 6.25. The van der Waals surface area contributed by atoms with E-state index in [0.29, 0.717) is 18.8 Å². The summed E-state index contributed by atoms with van der Waals surface area (Å²) in [5.74, 6) is -2.28. The van der Waals surface area contributed by atoms with Crippen molar-refractivity contribution in [2.45, 2.75) is 111 Å². The molecule has 0 aliphatic heterocycles. The summed E-state index contributed by atoms with van der Waals surface area (Å²) in [7, 11) is 0. The van der Waals surface area contributed by atoms with E-state index in [2.05, 4.69) is 17.6 Å². The van der Waals surface area contributed by atoms with Crippen LogP contribution in [-0.4, -0.2) is 49.2 Å². The third kappa shape index (κ3) is 14.7. The lowest BCUT2D eigenvalue weighted by atomic mass is 10.0. The number of esters is 1. The number of rotatable bonds is 22. The second-order valence-electron chi connectivity index (χ2n) is 11.6. The van der Waals surface area contributed by atoms with Crippen molar-refractivity contribution in [3.63, 3.8) is 0 Å². The summed E-state index contributed by atoms with van der Waals surface area (Å²) in [5.41, 5.74) is 2.57. The van der Waals surface area contributed by atoms with E-state index in [9.17, 15) is 19.5 Å². The lowest BCUT2D eigenvalue weighted by molar-refractivity contribution is -0.133. The van der Waals surface area contributed by atoms with Gasteiger partial charge in [0.05, 0.1) is 29.5 Å². The van der Waals surface area contributed by atoms with Crippen LogP contribution in [0.15, 0.2) is 36.4 Å². The van der Waals surface area contributed by atoms with E-state index in [0.717, 1.165) is 37.1 Å². The molecule has 45 heavy (non-hydrogen) atoms. The van der Waals surface area contributed by atoms with Gasteiger partial charge in [0.1, 0.15) is 0 Å². The maximum Gasteiger partial charge on any atom is 0.338 e. The van der Waals surface area contributed by atoms with E-state index in [4.69, 9.17) is 16.3 Å². The van der Waals surface area contributed by atoms with Crippen LogP contribution in [0.25, 0.3) is 0 Å². The molecule has 0 radical (unpaired) electrons. The van der Waals surface area contributed by atoms with Gasteiger partial charge in [-0.15, -0.1) is 0 Å². The molecule has 0 saturated heterocycles. The number of ether oxygens (including phenoxy) is 1. The largest absolute Gasteiger partial charge is 0.462 e. The first-order valence-corrected chi connectivity index (χ1v) is 17.2. The highest BCUT2D eigenvalue weighted by atomic mass is 35.5.